The molecule has 118 valence electrons. The lowest BCUT2D eigenvalue weighted by molar-refractivity contribution is -0.121. The van der Waals surface area contributed by atoms with Gasteiger partial charge in [-0.15, -0.1) is 0 Å². The number of hydrogen-bond donors (Lipinski definition) is 2. The van der Waals surface area contributed by atoms with Crippen LogP contribution in [0.5, 0.6) is 0 Å². The first-order chi connectivity index (χ1) is 11.1. The molecular formula is C16H15FN4O2. The smallest absolute Gasteiger partial charge is 0.276 e. The van der Waals surface area contributed by atoms with Crippen molar-refractivity contribution in [3.63, 3.8) is 0 Å². The van der Waals surface area contributed by atoms with Gasteiger partial charge in [-0.2, -0.15) is 5.10 Å². The lowest BCUT2D eigenvalue weighted by Crippen LogP contribution is -2.33. The van der Waals surface area contributed by atoms with E-state index in [1.165, 1.54) is 12.1 Å². The third-order valence-corrected chi connectivity index (χ3v) is 3.43. The Morgan fingerprint density at radius 1 is 1.39 bits per heavy atom. The maximum absolute atomic E-state index is 13.5. The summed E-state index contributed by atoms with van der Waals surface area (Å²) >= 11 is 0. The zero-order chi connectivity index (χ0) is 16.4. The van der Waals surface area contributed by atoms with E-state index in [4.69, 9.17) is 0 Å². The first-order valence-electron chi connectivity index (χ1n) is 7.21. The fraction of sp³-hybridized carbons (Fsp3) is 0.188. The minimum atomic E-state index is -0.398. The molecule has 0 aliphatic heterocycles. The van der Waals surface area contributed by atoms with Crippen LogP contribution in [0.25, 0.3) is 22.2 Å². The fourth-order valence-electron chi connectivity index (χ4n) is 2.43. The van der Waals surface area contributed by atoms with E-state index in [0.717, 1.165) is 4.68 Å². The molecule has 23 heavy (non-hydrogen) atoms. The standard InChI is InChI=1S/C16H15FN4O2/c1-2-18-13(22)9-21-16(23)12-6-7-19-15(12)14(20-21)10-4-3-5-11(17)8-10/h3-8,19H,2,9H2,1H3,(H,18,22). The van der Waals surface area contributed by atoms with Gasteiger partial charge in [0.1, 0.15) is 18.1 Å². The average molecular weight is 314 g/mol. The van der Waals surface area contributed by atoms with Crippen molar-refractivity contribution in [2.24, 2.45) is 0 Å². The first-order valence-corrected chi connectivity index (χ1v) is 7.21. The van der Waals surface area contributed by atoms with E-state index in [1.54, 1.807) is 31.3 Å². The van der Waals surface area contributed by atoms with Crippen LogP contribution in [0.4, 0.5) is 4.39 Å². The molecule has 0 aliphatic carbocycles. The highest BCUT2D eigenvalue weighted by Crippen LogP contribution is 2.23. The number of halogens is 1. The quantitative estimate of drug-likeness (QED) is 0.769. The molecule has 3 aromatic rings. The normalized spacial score (nSPS) is 10.9. The van der Waals surface area contributed by atoms with Crippen LogP contribution < -0.4 is 10.9 Å². The van der Waals surface area contributed by atoms with E-state index in [1.807, 2.05) is 0 Å². The molecule has 1 aromatic carbocycles. The van der Waals surface area contributed by atoms with Crippen molar-refractivity contribution in [2.45, 2.75) is 13.5 Å². The van der Waals surface area contributed by atoms with Crippen LogP contribution in [-0.2, 0) is 11.3 Å². The second kappa shape index (κ2) is 6.04. The Bertz CT molecular complexity index is 929. The highest BCUT2D eigenvalue weighted by Gasteiger charge is 2.15. The Balaban J connectivity index is 2.17. The summed E-state index contributed by atoms with van der Waals surface area (Å²) in [7, 11) is 0. The Labute approximate surface area is 130 Å². The second-order valence-corrected chi connectivity index (χ2v) is 5.04. The summed E-state index contributed by atoms with van der Waals surface area (Å²) < 4.78 is 14.6. The average Bonchev–Trinajstić information content (AvgIpc) is 3.00. The number of nitrogens with one attached hydrogen (secondary N) is 2. The molecule has 0 spiro atoms. The SMILES string of the molecule is CCNC(=O)Cn1nc(-c2cccc(F)c2)c2[nH]ccc2c1=O. The Morgan fingerprint density at radius 3 is 2.96 bits per heavy atom. The predicted octanol–water partition coefficient (Wildman–Crippen LogP) is 1.67. The lowest BCUT2D eigenvalue weighted by Gasteiger charge is -2.09. The number of amides is 1. The summed E-state index contributed by atoms with van der Waals surface area (Å²) in [5, 5.41) is 7.28. The van der Waals surface area contributed by atoms with Crippen LogP contribution in [-0.4, -0.2) is 27.2 Å². The summed E-state index contributed by atoms with van der Waals surface area (Å²) in [5.74, 6) is -0.701. The van der Waals surface area contributed by atoms with Crippen molar-refractivity contribution in [3.8, 4) is 11.3 Å². The van der Waals surface area contributed by atoms with Crippen LogP contribution in [0, 0.1) is 5.82 Å². The molecule has 3 rings (SSSR count). The third-order valence-electron chi connectivity index (χ3n) is 3.43. The number of carbonyl (C=O) groups excluding carboxylic acids is 1. The Kier molecular flexibility index (Phi) is 3.92. The Morgan fingerprint density at radius 2 is 2.22 bits per heavy atom. The Hall–Kier alpha value is -2.96. The number of nitrogens with zero attached hydrogens (tertiary/aromatic N) is 2. The van der Waals surface area contributed by atoms with Crippen molar-refractivity contribution in [1.29, 1.82) is 0 Å². The molecule has 0 unspecified atom stereocenters. The van der Waals surface area contributed by atoms with Gasteiger partial charge in [0.2, 0.25) is 5.91 Å². The molecule has 0 atom stereocenters. The third kappa shape index (κ3) is 2.85. The minimum Gasteiger partial charge on any atom is -0.359 e. The van der Waals surface area contributed by atoms with Crippen LogP contribution in [0.1, 0.15) is 6.92 Å². The highest BCUT2D eigenvalue weighted by atomic mass is 19.1. The van der Waals surface area contributed by atoms with Crippen LogP contribution >= 0.6 is 0 Å². The van der Waals surface area contributed by atoms with Gasteiger partial charge >= 0.3 is 0 Å². The van der Waals surface area contributed by atoms with Gasteiger partial charge in [0.15, 0.2) is 0 Å². The van der Waals surface area contributed by atoms with Gasteiger partial charge in [-0.05, 0) is 25.1 Å². The van der Waals surface area contributed by atoms with E-state index >= 15 is 0 Å². The van der Waals surface area contributed by atoms with E-state index in [2.05, 4.69) is 15.4 Å². The summed E-state index contributed by atoms with van der Waals surface area (Å²) in [6, 6.07) is 7.56. The van der Waals surface area contributed by atoms with E-state index in [0.29, 0.717) is 28.7 Å². The molecule has 0 radical (unpaired) electrons. The molecular weight excluding hydrogens is 299 g/mol. The molecule has 0 saturated heterocycles. The number of H-pyrrole nitrogens is 1. The molecule has 2 aromatic heterocycles. The monoisotopic (exact) mass is 314 g/mol. The highest BCUT2D eigenvalue weighted by molar-refractivity contribution is 5.91. The summed E-state index contributed by atoms with van der Waals surface area (Å²) in [5.41, 5.74) is 1.11. The van der Waals surface area contributed by atoms with Crippen molar-refractivity contribution >= 4 is 16.8 Å². The topological polar surface area (TPSA) is 79.8 Å². The van der Waals surface area contributed by atoms with E-state index in [-0.39, 0.29) is 18.0 Å². The van der Waals surface area contributed by atoms with Gasteiger partial charge in [-0.25, -0.2) is 9.07 Å². The van der Waals surface area contributed by atoms with Gasteiger partial charge in [0.05, 0.1) is 10.9 Å². The van der Waals surface area contributed by atoms with Crippen molar-refractivity contribution < 1.29 is 9.18 Å². The summed E-state index contributed by atoms with van der Waals surface area (Å²) in [6.07, 6.45) is 1.62. The molecule has 2 N–H and O–H groups in total. The molecule has 0 fully saturated rings. The second-order valence-electron chi connectivity index (χ2n) is 5.04. The first kappa shape index (κ1) is 15.0. The maximum atomic E-state index is 13.5. The number of benzene rings is 1. The number of aromatic amines is 1. The minimum absolute atomic E-state index is 0.184. The number of hydrogen-bond acceptors (Lipinski definition) is 3. The van der Waals surface area contributed by atoms with Gasteiger partial charge in [0, 0.05) is 18.3 Å². The lowest BCUT2D eigenvalue weighted by atomic mass is 10.1. The number of rotatable bonds is 4. The largest absolute Gasteiger partial charge is 0.359 e. The molecule has 0 bridgehead atoms. The molecule has 7 heteroatoms. The van der Waals surface area contributed by atoms with Gasteiger partial charge in [0.25, 0.3) is 5.56 Å². The zero-order valence-corrected chi connectivity index (χ0v) is 12.5. The maximum Gasteiger partial charge on any atom is 0.276 e. The number of aromatic nitrogens is 3. The number of fused-ring (bicyclic) bond motifs is 1. The van der Waals surface area contributed by atoms with Crippen LogP contribution in [0.15, 0.2) is 41.3 Å². The van der Waals surface area contributed by atoms with Crippen molar-refractivity contribution in [1.82, 2.24) is 20.1 Å². The number of likely N-dealkylation sites (N-methyl/N-ethyl adjacent to an activating group) is 1. The van der Waals surface area contributed by atoms with Crippen molar-refractivity contribution in [3.05, 3.63) is 52.7 Å². The molecule has 1 amide bonds. The summed E-state index contributed by atoms with van der Waals surface area (Å²) in [6.45, 7) is 2.08. The summed E-state index contributed by atoms with van der Waals surface area (Å²) in [4.78, 5) is 27.1. The van der Waals surface area contributed by atoms with Gasteiger partial charge in [-0.1, -0.05) is 12.1 Å². The van der Waals surface area contributed by atoms with Crippen LogP contribution in [0.3, 0.4) is 0 Å². The van der Waals surface area contributed by atoms with Crippen molar-refractivity contribution in [2.75, 3.05) is 6.54 Å². The van der Waals surface area contributed by atoms with E-state index < -0.39 is 5.82 Å². The zero-order valence-electron chi connectivity index (χ0n) is 12.5. The number of carbonyl (C=O) groups is 1. The molecule has 0 saturated carbocycles. The van der Waals surface area contributed by atoms with E-state index in [9.17, 15) is 14.0 Å². The van der Waals surface area contributed by atoms with Crippen LogP contribution in [0.2, 0.25) is 0 Å². The fourth-order valence-corrected chi connectivity index (χ4v) is 2.43. The van der Waals surface area contributed by atoms with Gasteiger partial charge in [-0.3, -0.25) is 9.59 Å². The molecule has 2 heterocycles. The predicted molar refractivity (Wildman–Crippen MR) is 84.4 cm³/mol. The van der Waals surface area contributed by atoms with Gasteiger partial charge < -0.3 is 10.3 Å². The molecule has 6 nitrogen and oxygen atoms in total. The molecule has 0 aliphatic rings.